The topological polar surface area (TPSA) is 48.7 Å². The van der Waals surface area contributed by atoms with E-state index in [9.17, 15) is 17.6 Å². The van der Waals surface area contributed by atoms with E-state index in [0.717, 1.165) is 18.2 Å². The van der Waals surface area contributed by atoms with Crippen molar-refractivity contribution in [3.8, 4) is 6.07 Å². The second-order valence-corrected chi connectivity index (χ2v) is 5.11. The number of nitriles is 1. The number of rotatable bonds is 2. The molecular formula is C13H6F4IN3. The number of anilines is 2. The number of alkyl halides is 3. The van der Waals surface area contributed by atoms with Gasteiger partial charge in [-0.1, -0.05) is 0 Å². The third-order valence-corrected chi connectivity index (χ3v) is 3.38. The molecule has 0 aliphatic heterocycles. The van der Waals surface area contributed by atoms with Crippen LogP contribution in [0.25, 0.3) is 0 Å². The van der Waals surface area contributed by atoms with Crippen LogP contribution in [0.4, 0.5) is 29.1 Å². The molecule has 0 aliphatic carbocycles. The number of aromatic nitrogens is 1. The first-order valence-electron chi connectivity index (χ1n) is 5.51. The maximum absolute atomic E-state index is 13.0. The second kappa shape index (κ2) is 5.85. The molecule has 1 aromatic heterocycles. The van der Waals surface area contributed by atoms with Crippen LogP contribution in [0, 0.1) is 20.7 Å². The van der Waals surface area contributed by atoms with Crippen molar-refractivity contribution in [2.45, 2.75) is 6.18 Å². The minimum absolute atomic E-state index is 0.0388. The van der Waals surface area contributed by atoms with Crippen molar-refractivity contribution >= 4 is 34.1 Å². The average Bonchev–Trinajstić information content (AvgIpc) is 2.41. The van der Waals surface area contributed by atoms with Crippen molar-refractivity contribution in [2.24, 2.45) is 0 Å². The van der Waals surface area contributed by atoms with Gasteiger partial charge in [0.25, 0.3) is 0 Å². The second-order valence-electron chi connectivity index (χ2n) is 3.95. The number of halogens is 5. The van der Waals surface area contributed by atoms with Gasteiger partial charge >= 0.3 is 6.18 Å². The smallest absolute Gasteiger partial charge is 0.338 e. The maximum Gasteiger partial charge on any atom is 0.433 e. The Kier molecular flexibility index (Phi) is 4.32. The molecule has 1 aromatic carbocycles. The van der Waals surface area contributed by atoms with Gasteiger partial charge in [0.1, 0.15) is 23.4 Å². The van der Waals surface area contributed by atoms with Crippen LogP contribution in [-0.2, 0) is 6.18 Å². The molecular weight excluding hydrogens is 401 g/mol. The van der Waals surface area contributed by atoms with Crippen LogP contribution in [0.15, 0.2) is 30.3 Å². The van der Waals surface area contributed by atoms with Gasteiger partial charge in [-0.25, -0.2) is 9.37 Å². The van der Waals surface area contributed by atoms with Crippen molar-refractivity contribution in [1.29, 1.82) is 5.26 Å². The Morgan fingerprint density at radius 2 is 1.90 bits per heavy atom. The highest BCUT2D eigenvalue weighted by atomic mass is 127. The minimum atomic E-state index is -4.61. The molecule has 1 N–H and O–H groups in total. The molecule has 0 fully saturated rings. The van der Waals surface area contributed by atoms with Crippen LogP contribution in [0.1, 0.15) is 11.3 Å². The van der Waals surface area contributed by atoms with Crippen molar-refractivity contribution in [1.82, 2.24) is 4.98 Å². The van der Waals surface area contributed by atoms with Crippen LogP contribution in [0.3, 0.4) is 0 Å². The molecule has 1 heterocycles. The summed E-state index contributed by atoms with van der Waals surface area (Å²) >= 11 is 1.83. The monoisotopic (exact) mass is 407 g/mol. The summed E-state index contributed by atoms with van der Waals surface area (Å²) < 4.78 is 51.4. The van der Waals surface area contributed by atoms with Crippen molar-refractivity contribution in [2.75, 3.05) is 5.32 Å². The summed E-state index contributed by atoms with van der Waals surface area (Å²) in [4.78, 5) is 3.42. The first-order valence-corrected chi connectivity index (χ1v) is 6.59. The van der Waals surface area contributed by atoms with E-state index in [2.05, 4.69) is 10.3 Å². The van der Waals surface area contributed by atoms with Crippen LogP contribution < -0.4 is 5.32 Å². The van der Waals surface area contributed by atoms with E-state index in [0.29, 0.717) is 9.26 Å². The van der Waals surface area contributed by atoms with Crippen LogP contribution in [0.5, 0.6) is 0 Å². The molecule has 0 spiro atoms. The van der Waals surface area contributed by atoms with E-state index < -0.39 is 17.7 Å². The summed E-state index contributed by atoms with van der Waals surface area (Å²) in [6, 6.07) is 7.26. The average molecular weight is 407 g/mol. The van der Waals surface area contributed by atoms with E-state index in [1.54, 1.807) is 6.07 Å². The molecule has 0 aliphatic rings. The number of nitrogens with one attached hydrogen (secondary N) is 1. The maximum atomic E-state index is 13.0. The van der Waals surface area contributed by atoms with E-state index in [4.69, 9.17) is 5.26 Å². The van der Waals surface area contributed by atoms with Crippen LogP contribution >= 0.6 is 22.6 Å². The first kappa shape index (κ1) is 15.5. The zero-order valence-corrected chi connectivity index (χ0v) is 12.3. The zero-order chi connectivity index (χ0) is 15.6. The highest BCUT2D eigenvalue weighted by Crippen LogP contribution is 2.31. The molecule has 0 unspecified atom stereocenters. The summed E-state index contributed by atoms with van der Waals surface area (Å²) in [7, 11) is 0. The van der Waals surface area contributed by atoms with E-state index in [1.807, 2.05) is 22.6 Å². The van der Waals surface area contributed by atoms with Crippen molar-refractivity contribution in [3.63, 3.8) is 0 Å². The van der Waals surface area contributed by atoms with Gasteiger partial charge in [0, 0.05) is 3.57 Å². The largest absolute Gasteiger partial charge is 0.433 e. The normalized spacial score (nSPS) is 11.0. The molecule has 0 saturated carbocycles. The molecule has 2 aromatic rings. The Bertz CT molecular complexity index is 722. The van der Waals surface area contributed by atoms with Gasteiger partial charge in [-0.15, -0.1) is 0 Å². The standard InChI is InChI=1S/C13H6F4IN3/c14-8-2-3-10(9(18)5-8)20-12-7(6-19)1-4-11(21-12)13(15,16)17/h1-5H,(H,20,21). The van der Waals surface area contributed by atoms with Crippen LogP contribution in [0.2, 0.25) is 0 Å². The summed E-state index contributed by atoms with van der Waals surface area (Å²) in [5.74, 6) is -0.695. The molecule has 8 heteroatoms. The van der Waals surface area contributed by atoms with Gasteiger partial charge in [0.15, 0.2) is 0 Å². The molecule has 21 heavy (non-hydrogen) atoms. The Hall–Kier alpha value is -1.89. The Morgan fingerprint density at radius 3 is 2.48 bits per heavy atom. The predicted octanol–water partition coefficient (Wildman–Crippen LogP) is 4.46. The molecule has 0 amide bonds. The van der Waals surface area contributed by atoms with Gasteiger partial charge in [0.05, 0.1) is 11.3 Å². The Morgan fingerprint density at radius 1 is 1.19 bits per heavy atom. The lowest BCUT2D eigenvalue weighted by atomic mass is 10.2. The van der Waals surface area contributed by atoms with E-state index in [-0.39, 0.29) is 11.4 Å². The number of benzene rings is 1. The lowest BCUT2D eigenvalue weighted by Crippen LogP contribution is -2.10. The third-order valence-electron chi connectivity index (χ3n) is 2.49. The fraction of sp³-hybridized carbons (Fsp3) is 0.0769. The predicted molar refractivity (Wildman–Crippen MR) is 76.4 cm³/mol. The third kappa shape index (κ3) is 3.60. The van der Waals surface area contributed by atoms with Crippen molar-refractivity contribution < 1.29 is 17.6 Å². The van der Waals surface area contributed by atoms with Gasteiger partial charge in [0.2, 0.25) is 0 Å². The number of hydrogen-bond donors (Lipinski definition) is 1. The summed E-state index contributed by atoms with van der Waals surface area (Å²) in [6.07, 6.45) is -4.61. The summed E-state index contributed by atoms with van der Waals surface area (Å²) in [6.45, 7) is 0. The number of pyridine rings is 1. The molecule has 2 rings (SSSR count). The van der Waals surface area contributed by atoms with Gasteiger partial charge in [-0.05, 0) is 52.9 Å². The highest BCUT2D eigenvalue weighted by Gasteiger charge is 2.33. The molecule has 3 nitrogen and oxygen atoms in total. The molecule has 108 valence electrons. The summed E-state index contributed by atoms with van der Waals surface area (Å²) in [5, 5.41) is 11.6. The van der Waals surface area contributed by atoms with Crippen LogP contribution in [-0.4, -0.2) is 4.98 Å². The lowest BCUT2D eigenvalue weighted by molar-refractivity contribution is -0.141. The zero-order valence-electron chi connectivity index (χ0n) is 10.2. The van der Waals surface area contributed by atoms with Gasteiger partial charge < -0.3 is 5.32 Å². The minimum Gasteiger partial charge on any atom is -0.338 e. The first-order chi connectivity index (χ1) is 9.81. The molecule has 0 bridgehead atoms. The van der Waals surface area contributed by atoms with Crippen molar-refractivity contribution in [3.05, 3.63) is 51.0 Å². The SMILES string of the molecule is N#Cc1ccc(C(F)(F)F)nc1Nc1ccc(F)cc1I. The Balaban J connectivity index is 2.45. The number of nitrogens with zero attached hydrogens (tertiary/aromatic N) is 2. The molecule has 0 atom stereocenters. The molecule has 0 radical (unpaired) electrons. The van der Waals surface area contributed by atoms with Gasteiger partial charge in [-0.2, -0.15) is 18.4 Å². The summed E-state index contributed by atoms with van der Waals surface area (Å²) in [5.41, 5.74) is -0.787. The van der Waals surface area contributed by atoms with E-state index in [1.165, 1.54) is 12.1 Å². The lowest BCUT2D eigenvalue weighted by Gasteiger charge is -2.12. The fourth-order valence-electron chi connectivity index (χ4n) is 1.52. The van der Waals surface area contributed by atoms with E-state index >= 15 is 0 Å². The fourth-order valence-corrected chi connectivity index (χ4v) is 2.13. The quantitative estimate of drug-likeness (QED) is 0.591. The van der Waals surface area contributed by atoms with Gasteiger partial charge in [-0.3, -0.25) is 0 Å². The molecule has 0 saturated heterocycles. The Labute approximate surface area is 130 Å². The highest BCUT2D eigenvalue weighted by molar-refractivity contribution is 14.1. The number of hydrogen-bond acceptors (Lipinski definition) is 3.